The number of carbonyl (C=O) groups excluding carboxylic acids is 1. The summed E-state index contributed by atoms with van der Waals surface area (Å²) >= 11 is 0. The minimum atomic E-state index is -0.967. The number of hydrogen-bond donors (Lipinski definition) is 1. The first-order valence-electron chi connectivity index (χ1n) is 6.19. The minimum Gasteiger partial charge on any atom is -0.478 e. The third-order valence-electron chi connectivity index (χ3n) is 3.67. The van der Waals surface area contributed by atoms with Crippen molar-refractivity contribution in [3.63, 3.8) is 0 Å². The molecule has 0 spiro atoms. The highest BCUT2D eigenvalue weighted by atomic mass is 16.4. The molecule has 0 atom stereocenters. The van der Waals surface area contributed by atoms with Crippen molar-refractivity contribution in [1.82, 2.24) is 4.57 Å². The van der Waals surface area contributed by atoms with Crippen LogP contribution in [0.5, 0.6) is 0 Å². The number of aldehydes is 1. The zero-order valence-electron chi connectivity index (χ0n) is 11.5. The van der Waals surface area contributed by atoms with Crippen LogP contribution in [0.1, 0.15) is 51.7 Å². The molecule has 4 heteroatoms. The number of carboxylic acids is 1. The molecule has 0 aliphatic carbocycles. The van der Waals surface area contributed by atoms with Crippen LogP contribution in [0, 0.1) is 6.92 Å². The molecule has 0 saturated carbocycles. The molecule has 100 valence electrons. The van der Waals surface area contributed by atoms with E-state index in [0.717, 1.165) is 22.9 Å². The fourth-order valence-corrected chi connectivity index (χ4v) is 2.41. The van der Waals surface area contributed by atoms with Crippen LogP contribution in [0.15, 0.2) is 12.1 Å². The van der Waals surface area contributed by atoms with E-state index in [4.69, 9.17) is 0 Å². The van der Waals surface area contributed by atoms with Gasteiger partial charge in [-0.25, -0.2) is 4.79 Å². The Bertz CT molecular complexity index is 680. The highest BCUT2D eigenvalue weighted by molar-refractivity contribution is 6.08. The molecule has 0 aliphatic rings. The average Bonchev–Trinajstić information content (AvgIpc) is 2.60. The van der Waals surface area contributed by atoms with Crippen LogP contribution in [0.4, 0.5) is 0 Å². The smallest absolute Gasteiger partial charge is 0.337 e. The van der Waals surface area contributed by atoms with E-state index in [1.807, 2.05) is 26.8 Å². The van der Waals surface area contributed by atoms with Crippen LogP contribution < -0.4 is 0 Å². The number of rotatable bonds is 3. The number of hydrogen-bond acceptors (Lipinski definition) is 2. The van der Waals surface area contributed by atoms with Gasteiger partial charge in [0.15, 0.2) is 6.29 Å². The number of aromatic carboxylic acids is 1. The van der Waals surface area contributed by atoms with Crippen LogP contribution in [-0.4, -0.2) is 21.9 Å². The van der Waals surface area contributed by atoms with Crippen molar-refractivity contribution in [2.75, 3.05) is 0 Å². The van der Waals surface area contributed by atoms with Crippen molar-refractivity contribution in [1.29, 1.82) is 0 Å². The predicted octanol–water partition coefficient (Wildman–Crippen LogP) is 3.12. The monoisotopic (exact) mass is 259 g/mol. The molecular weight excluding hydrogens is 242 g/mol. The number of nitrogens with zero attached hydrogens (tertiary/aromatic N) is 1. The number of carbonyl (C=O) groups is 2. The van der Waals surface area contributed by atoms with E-state index in [0.29, 0.717) is 11.1 Å². The average molecular weight is 259 g/mol. The molecular formula is C15H17NO3. The maximum Gasteiger partial charge on any atom is 0.337 e. The maximum absolute atomic E-state index is 11.4. The zero-order chi connectivity index (χ0) is 14.3. The molecule has 0 bridgehead atoms. The highest BCUT2D eigenvalue weighted by Gasteiger charge is 2.19. The molecule has 0 fully saturated rings. The minimum absolute atomic E-state index is 0.211. The summed E-state index contributed by atoms with van der Waals surface area (Å²) in [7, 11) is 1.78. The van der Waals surface area contributed by atoms with Gasteiger partial charge in [-0.3, -0.25) is 4.79 Å². The number of aryl methyl sites for hydroxylation is 1. The topological polar surface area (TPSA) is 59.3 Å². The second-order valence-electron chi connectivity index (χ2n) is 5.10. The second-order valence-corrected chi connectivity index (χ2v) is 5.10. The van der Waals surface area contributed by atoms with E-state index in [1.54, 1.807) is 17.7 Å². The zero-order valence-corrected chi connectivity index (χ0v) is 11.5. The van der Waals surface area contributed by atoms with Gasteiger partial charge >= 0.3 is 5.97 Å². The van der Waals surface area contributed by atoms with Crippen LogP contribution in [0.25, 0.3) is 10.9 Å². The fourth-order valence-electron chi connectivity index (χ4n) is 2.41. The molecule has 1 N–H and O–H groups in total. The van der Waals surface area contributed by atoms with Gasteiger partial charge in [-0.15, -0.1) is 0 Å². The van der Waals surface area contributed by atoms with E-state index in [-0.39, 0.29) is 11.5 Å². The number of carboxylic acid groups (broad SMARTS) is 1. The molecule has 1 heterocycles. The first kappa shape index (κ1) is 13.3. The Morgan fingerprint density at radius 2 is 2.00 bits per heavy atom. The van der Waals surface area contributed by atoms with Crippen molar-refractivity contribution >= 4 is 23.2 Å². The van der Waals surface area contributed by atoms with Crippen molar-refractivity contribution < 1.29 is 14.7 Å². The van der Waals surface area contributed by atoms with Crippen LogP contribution >= 0.6 is 0 Å². The van der Waals surface area contributed by atoms with Crippen LogP contribution in [0.2, 0.25) is 0 Å². The first-order valence-corrected chi connectivity index (χ1v) is 6.19. The summed E-state index contributed by atoms with van der Waals surface area (Å²) in [4.78, 5) is 22.7. The Labute approximate surface area is 111 Å². The molecule has 2 rings (SSSR count). The van der Waals surface area contributed by atoms with Crippen molar-refractivity contribution in [2.24, 2.45) is 7.05 Å². The van der Waals surface area contributed by atoms with E-state index in [9.17, 15) is 14.7 Å². The van der Waals surface area contributed by atoms with Crippen molar-refractivity contribution in [2.45, 2.75) is 26.7 Å². The Morgan fingerprint density at radius 1 is 1.37 bits per heavy atom. The lowest BCUT2D eigenvalue weighted by atomic mass is 9.97. The SMILES string of the molecule is Cc1c(C=O)c2cc(C(C)C)cc(C(=O)O)c2n1C. The third-order valence-corrected chi connectivity index (χ3v) is 3.67. The Balaban J connectivity index is 2.99. The van der Waals surface area contributed by atoms with Crippen molar-refractivity contribution in [3.8, 4) is 0 Å². The van der Waals surface area contributed by atoms with Gasteiger partial charge < -0.3 is 9.67 Å². The fraction of sp³-hybridized carbons (Fsp3) is 0.333. The largest absolute Gasteiger partial charge is 0.478 e. The predicted molar refractivity (Wildman–Crippen MR) is 74.1 cm³/mol. The molecule has 19 heavy (non-hydrogen) atoms. The Hall–Kier alpha value is -2.10. The molecule has 0 unspecified atom stereocenters. The summed E-state index contributed by atoms with van der Waals surface area (Å²) in [5.41, 5.74) is 3.14. The molecule has 0 saturated heterocycles. The molecule has 1 aromatic heterocycles. The van der Waals surface area contributed by atoms with Gasteiger partial charge in [0.25, 0.3) is 0 Å². The lowest BCUT2D eigenvalue weighted by Crippen LogP contribution is -2.03. The number of fused-ring (bicyclic) bond motifs is 1. The van der Waals surface area contributed by atoms with E-state index in [1.165, 1.54) is 0 Å². The summed E-state index contributed by atoms with van der Waals surface area (Å²) < 4.78 is 1.77. The molecule has 4 nitrogen and oxygen atoms in total. The molecule has 0 aliphatic heterocycles. The van der Waals surface area contributed by atoms with Gasteiger partial charge in [-0.05, 0) is 30.5 Å². The number of aromatic nitrogens is 1. The van der Waals surface area contributed by atoms with Gasteiger partial charge in [0.2, 0.25) is 0 Å². The third kappa shape index (κ3) is 1.93. The van der Waals surface area contributed by atoms with E-state index >= 15 is 0 Å². The van der Waals surface area contributed by atoms with Gasteiger partial charge in [0, 0.05) is 23.7 Å². The lowest BCUT2D eigenvalue weighted by molar-refractivity contribution is 0.0698. The highest BCUT2D eigenvalue weighted by Crippen LogP contribution is 2.30. The number of benzene rings is 1. The Morgan fingerprint density at radius 3 is 2.47 bits per heavy atom. The van der Waals surface area contributed by atoms with E-state index in [2.05, 4.69) is 0 Å². The van der Waals surface area contributed by atoms with Gasteiger partial charge in [-0.2, -0.15) is 0 Å². The van der Waals surface area contributed by atoms with Gasteiger partial charge in [0.05, 0.1) is 11.1 Å². The molecule has 0 amide bonds. The Kier molecular flexibility index (Phi) is 3.18. The summed E-state index contributed by atoms with van der Waals surface area (Å²) in [6, 6.07) is 3.62. The first-order chi connectivity index (χ1) is 8.88. The van der Waals surface area contributed by atoms with Gasteiger partial charge in [-0.1, -0.05) is 13.8 Å². The van der Waals surface area contributed by atoms with E-state index < -0.39 is 5.97 Å². The van der Waals surface area contributed by atoms with Crippen molar-refractivity contribution in [3.05, 3.63) is 34.5 Å². The van der Waals surface area contributed by atoms with Gasteiger partial charge in [0.1, 0.15) is 0 Å². The quantitative estimate of drug-likeness (QED) is 0.861. The summed E-state index contributed by atoms with van der Waals surface area (Å²) in [5.74, 6) is -0.756. The summed E-state index contributed by atoms with van der Waals surface area (Å²) in [5, 5.41) is 10.1. The molecule has 1 aromatic carbocycles. The standard InChI is InChI=1S/C15H17NO3/c1-8(2)10-5-11-13(7-17)9(3)16(4)14(11)12(6-10)15(18)19/h5-8H,1-4H3,(H,18,19). The maximum atomic E-state index is 11.4. The molecule has 0 radical (unpaired) electrons. The molecule has 2 aromatic rings. The lowest BCUT2D eigenvalue weighted by Gasteiger charge is -2.09. The summed E-state index contributed by atoms with van der Waals surface area (Å²) in [6.07, 6.45) is 0.799. The summed E-state index contributed by atoms with van der Waals surface area (Å²) in [6.45, 7) is 5.83. The van der Waals surface area contributed by atoms with Crippen LogP contribution in [-0.2, 0) is 7.05 Å². The normalized spacial score (nSPS) is 11.2. The van der Waals surface area contributed by atoms with Crippen LogP contribution in [0.3, 0.4) is 0 Å². The second kappa shape index (κ2) is 4.53.